The summed E-state index contributed by atoms with van der Waals surface area (Å²) in [5.41, 5.74) is 7.15. The number of nitrogens with zero attached hydrogens (tertiary/aromatic N) is 1. The summed E-state index contributed by atoms with van der Waals surface area (Å²) < 4.78 is 17.3. The van der Waals surface area contributed by atoms with Crippen LogP contribution in [0.5, 0.6) is 11.5 Å². The van der Waals surface area contributed by atoms with Gasteiger partial charge in [0.25, 0.3) is 0 Å². The molecule has 7 heteroatoms. The number of benzene rings is 2. The first-order valence-electron chi connectivity index (χ1n) is 9.76. The van der Waals surface area contributed by atoms with E-state index in [1.165, 1.54) is 0 Å². The minimum Gasteiger partial charge on any atom is -0.454 e. The predicted molar refractivity (Wildman–Crippen MR) is 105 cm³/mol. The molecule has 0 aliphatic carbocycles. The second kappa shape index (κ2) is 8.53. The number of carbonyl (C=O) groups excluding carboxylic acids is 2. The number of primary amides is 1. The van der Waals surface area contributed by atoms with Gasteiger partial charge in [0.1, 0.15) is 12.2 Å². The van der Waals surface area contributed by atoms with Gasteiger partial charge in [0, 0.05) is 12.8 Å². The molecule has 29 heavy (non-hydrogen) atoms. The summed E-state index contributed by atoms with van der Waals surface area (Å²) in [6.45, 7) is 1.13. The summed E-state index contributed by atoms with van der Waals surface area (Å²) in [4.78, 5) is 25.6. The normalized spacial score (nSPS) is 20.5. The lowest BCUT2D eigenvalue weighted by molar-refractivity contribution is -0.147. The molecular weight excluding hydrogens is 372 g/mol. The zero-order valence-corrected chi connectivity index (χ0v) is 16.1. The molecule has 0 unspecified atom stereocenters. The first-order valence-corrected chi connectivity index (χ1v) is 9.76. The van der Waals surface area contributed by atoms with Gasteiger partial charge in [0.15, 0.2) is 11.5 Å². The van der Waals surface area contributed by atoms with Crippen LogP contribution in [-0.4, -0.2) is 36.6 Å². The molecule has 7 nitrogen and oxygen atoms in total. The van der Waals surface area contributed by atoms with E-state index in [9.17, 15) is 9.59 Å². The number of fused-ring (bicyclic) bond motifs is 1. The Bertz CT molecular complexity index is 886. The Labute approximate surface area is 169 Å². The lowest BCUT2D eigenvalue weighted by Crippen LogP contribution is -2.43. The zero-order chi connectivity index (χ0) is 20.2. The molecule has 2 aromatic rings. The number of amides is 2. The van der Waals surface area contributed by atoms with Crippen LogP contribution in [0.3, 0.4) is 0 Å². The Kier molecular flexibility index (Phi) is 5.67. The van der Waals surface area contributed by atoms with E-state index in [1.807, 2.05) is 53.4 Å². The number of nitrogens with two attached hydrogens (primary N) is 1. The second-order valence-corrected chi connectivity index (χ2v) is 7.26. The summed E-state index contributed by atoms with van der Waals surface area (Å²) in [6.07, 6.45) is 0.433. The van der Waals surface area contributed by atoms with Crippen molar-refractivity contribution in [1.82, 2.24) is 4.90 Å². The van der Waals surface area contributed by atoms with Crippen molar-refractivity contribution in [3.8, 4) is 11.5 Å². The maximum atomic E-state index is 12.8. The maximum Gasteiger partial charge on any atom is 0.231 e. The van der Waals surface area contributed by atoms with Gasteiger partial charge in [-0.15, -0.1) is 0 Å². The smallest absolute Gasteiger partial charge is 0.231 e. The van der Waals surface area contributed by atoms with Crippen molar-refractivity contribution < 1.29 is 23.8 Å². The molecular formula is C22H24N2O5. The molecule has 1 saturated heterocycles. The first kappa shape index (κ1) is 19.3. The monoisotopic (exact) mass is 396 g/mol. The summed E-state index contributed by atoms with van der Waals surface area (Å²) in [5.74, 6) is 1.01. The van der Waals surface area contributed by atoms with Crippen molar-refractivity contribution >= 4 is 11.8 Å². The third-order valence-corrected chi connectivity index (χ3v) is 5.21. The van der Waals surface area contributed by atoms with Crippen molar-refractivity contribution in [2.24, 2.45) is 5.73 Å². The predicted octanol–water partition coefficient (Wildman–Crippen LogP) is 2.71. The van der Waals surface area contributed by atoms with Crippen LogP contribution in [0.4, 0.5) is 0 Å². The van der Waals surface area contributed by atoms with Crippen molar-refractivity contribution in [2.75, 3.05) is 19.9 Å². The first-order chi connectivity index (χ1) is 14.1. The fourth-order valence-electron chi connectivity index (χ4n) is 3.68. The lowest BCUT2D eigenvalue weighted by atomic mass is 10.0. The molecule has 2 N–H and O–H groups in total. The molecule has 0 aromatic heterocycles. The fraction of sp³-hybridized carbons (Fsp3) is 0.364. The molecule has 2 atom stereocenters. The van der Waals surface area contributed by atoms with Gasteiger partial charge in [0.2, 0.25) is 18.6 Å². The van der Waals surface area contributed by atoms with Crippen LogP contribution in [-0.2, 0) is 14.3 Å². The number of carbonyl (C=O) groups is 2. The average molecular weight is 396 g/mol. The van der Waals surface area contributed by atoms with Crippen LogP contribution in [0.1, 0.15) is 42.6 Å². The average Bonchev–Trinajstić information content (AvgIpc) is 3.21. The number of rotatable bonds is 6. The Balaban J connectivity index is 1.54. The Morgan fingerprint density at radius 1 is 0.931 bits per heavy atom. The van der Waals surface area contributed by atoms with Crippen molar-refractivity contribution in [1.29, 1.82) is 0 Å². The molecule has 152 valence electrons. The van der Waals surface area contributed by atoms with Crippen LogP contribution in [0, 0.1) is 0 Å². The van der Waals surface area contributed by atoms with E-state index in [1.54, 1.807) is 0 Å². The minimum absolute atomic E-state index is 0.00113. The van der Waals surface area contributed by atoms with E-state index in [-0.39, 0.29) is 43.7 Å². The van der Waals surface area contributed by atoms with Crippen molar-refractivity contribution in [2.45, 2.75) is 31.5 Å². The second-order valence-electron chi connectivity index (χ2n) is 7.26. The molecule has 2 aromatic carbocycles. The molecule has 2 amide bonds. The summed E-state index contributed by atoms with van der Waals surface area (Å²) >= 11 is 0. The van der Waals surface area contributed by atoms with Crippen molar-refractivity contribution in [3.63, 3.8) is 0 Å². The zero-order valence-electron chi connectivity index (χ0n) is 16.1. The minimum atomic E-state index is -0.389. The molecule has 2 aliphatic rings. The molecule has 0 radical (unpaired) electrons. The van der Waals surface area contributed by atoms with E-state index >= 15 is 0 Å². The molecule has 1 fully saturated rings. The number of morpholine rings is 1. The molecule has 0 bridgehead atoms. The molecule has 0 spiro atoms. The highest BCUT2D eigenvalue weighted by atomic mass is 16.7. The highest BCUT2D eigenvalue weighted by molar-refractivity contribution is 5.78. The van der Waals surface area contributed by atoms with Gasteiger partial charge in [-0.2, -0.15) is 0 Å². The van der Waals surface area contributed by atoms with Crippen LogP contribution in [0.15, 0.2) is 48.5 Å². The van der Waals surface area contributed by atoms with E-state index in [0.717, 1.165) is 11.1 Å². The molecule has 2 aliphatic heterocycles. The van der Waals surface area contributed by atoms with Gasteiger partial charge in [0.05, 0.1) is 13.1 Å². The number of hydrogen-bond donors (Lipinski definition) is 1. The topological polar surface area (TPSA) is 91.1 Å². The number of ether oxygens (including phenoxy) is 3. The van der Waals surface area contributed by atoms with Gasteiger partial charge >= 0.3 is 0 Å². The Morgan fingerprint density at radius 2 is 1.66 bits per heavy atom. The van der Waals surface area contributed by atoms with Crippen LogP contribution in [0.25, 0.3) is 0 Å². The van der Waals surface area contributed by atoms with Crippen LogP contribution >= 0.6 is 0 Å². The van der Waals surface area contributed by atoms with E-state index in [2.05, 4.69) is 0 Å². The molecule has 2 heterocycles. The highest BCUT2D eigenvalue weighted by Crippen LogP contribution is 2.38. The third-order valence-electron chi connectivity index (χ3n) is 5.21. The maximum absolute atomic E-state index is 12.8. The van der Waals surface area contributed by atoms with Crippen LogP contribution in [0.2, 0.25) is 0 Å². The van der Waals surface area contributed by atoms with E-state index in [4.69, 9.17) is 19.9 Å². The summed E-state index contributed by atoms with van der Waals surface area (Å²) in [7, 11) is 0. The Hall–Kier alpha value is -3.06. The van der Waals surface area contributed by atoms with Gasteiger partial charge in [-0.3, -0.25) is 9.59 Å². The molecule has 4 rings (SSSR count). The van der Waals surface area contributed by atoms with Crippen LogP contribution < -0.4 is 15.2 Å². The summed E-state index contributed by atoms with van der Waals surface area (Å²) in [6, 6.07) is 15.6. The fourth-order valence-corrected chi connectivity index (χ4v) is 3.68. The lowest BCUT2D eigenvalue weighted by Gasteiger charge is -2.38. The number of hydrogen-bond acceptors (Lipinski definition) is 5. The molecule has 0 saturated carbocycles. The summed E-state index contributed by atoms with van der Waals surface area (Å²) in [5, 5.41) is 0. The van der Waals surface area contributed by atoms with E-state index < -0.39 is 0 Å². The quantitative estimate of drug-likeness (QED) is 0.811. The van der Waals surface area contributed by atoms with Gasteiger partial charge in [-0.1, -0.05) is 36.4 Å². The largest absolute Gasteiger partial charge is 0.454 e. The van der Waals surface area contributed by atoms with Gasteiger partial charge in [-0.05, 0) is 29.7 Å². The third kappa shape index (κ3) is 4.51. The van der Waals surface area contributed by atoms with Gasteiger partial charge in [-0.25, -0.2) is 0 Å². The Morgan fingerprint density at radius 3 is 2.41 bits per heavy atom. The highest BCUT2D eigenvalue weighted by Gasteiger charge is 2.33. The van der Waals surface area contributed by atoms with Crippen molar-refractivity contribution in [3.05, 3.63) is 59.7 Å². The van der Waals surface area contributed by atoms with E-state index in [0.29, 0.717) is 31.0 Å². The SMILES string of the molecule is NC(=O)CCCC(=O)N1C[C@@H](c2ccccc2)O[C@@H](c2ccc3c(c2)OCO3)C1. The standard InChI is InChI=1S/C22H24N2O5/c23-21(25)7-4-8-22(26)24-12-19(15-5-2-1-3-6-15)29-20(13-24)16-9-10-17-18(11-16)28-14-27-17/h1-3,5-6,9-11,19-20H,4,7-8,12-14H2,(H2,23,25)/t19-,20+/m0/s1. The van der Waals surface area contributed by atoms with Gasteiger partial charge < -0.3 is 24.8 Å².